The number of hydrogen-bond donors (Lipinski definition) is 2. The molecule has 10 nitrogen and oxygen atoms in total. The van der Waals surface area contributed by atoms with E-state index < -0.39 is 58.7 Å². The lowest BCUT2D eigenvalue weighted by molar-refractivity contribution is -0.142. The number of phenols is 1. The second kappa shape index (κ2) is 10.1. The summed E-state index contributed by atoms with van der Waals surface area (Å²) in [6.45, 7) is 3.63. The number of carbonyl (C=O) groups excluding carboxylic acids is 4. The number of benzene rings is 2. The Morgan fingerprint density at radius 1 is 1.00 bits per heavy atom. The number of amides is 4. The maximum absolute atomic E-state index is 14.4. The van der Waals surface area contributed by atoms with E-state index in [0.717, 1.165) is 10.5 Å². The number of likely N-dealkylation sites (tertiary alicyclic amines) is 1. The highest BCUT2D eigenvalue weighted by atomic mass is 16.5. The fraction of sp³-hybridized carbons (Fsp3) is 0.406. The Bertz CT molecular complexity index is 1530. The predicted octanol–water partition coefficient (Wildman–Crippen LogP) is 3.50. The molecule has 2 N–H and O–H groups in total. The number of ether oxygens (including phenoxy) is 1. The van der Waals surface area contributed by atoms with Crippen LogP contribution in [0.5, 0.6) is 11.5 Å². The van der Waals surface area contributed by atoms with Crippen molar-refractivity contribution in [2.75, 3.05) is 18.1 Å². The fourth-order valence-electron chi connectivity index (χ4n) is 7.72. The molecule has 2 aliphatic carbocycles. The normalized spacial score (nSPS) is 30.1. The lowest BCUT2D eigenvalue weighted by Gasteiger charge is -2.49. The Balaban J connectivity index is 1.50. The van der Waals surface area contributed by atoms with Crippen LogP contribution in [0.2, 0.25) is 0 Å². The molecule has 10 heteroatoms. The molecule has 3 fully saturated rings. The molecule has 0 radical (unpaired) electrons. The van der Waals surface area contributed by atoms with Crippen molar-refractivity contribution in [3.8, 4) is 11.5 Å². The van der Waals surface area contributed by atoms with Crippen molar-refractivity contribution in [1.29, 1.82) is 0 Å². The Labute approximate surface area is 242 Å². The van der Waals surface area contributed by atoms with E-state index in [1.807, 2.05) is 6.08 Å². The van der Waals surface area contributed by atoms with Gasteiger partial charge in [-0.15, -0.1) is 0 Å². The van der Waals surface area contributed by atoms with Crippen LogP contribution in [0, 0.1) is 29.1 Å². The van der Waals surface area contributed by atoms with Gasteiger partial charge in [0.2, 0.25) is 23.6 Å². The number of para-hydroxylation sites is 2. The van der Waals surface area contributed by atoms with Gasteiger partial charge in [0.1, 0.15) is 0 Å². The van der Waals surface area contributed by atoms with Crippen LogP contribution >= 0.6 is 0 Å². The number of anilines is 1. The van der Waals surface area contributed by atoms with E-state index >= 15 is 0 Å². The molecule has 42 heavy (non-hydrogen) atoms. The molecule has 6 atom stereocenters. The quantitative estimate of drug-likeness (QED) is 0.379. The summed E-state index contributed by atoms with van der Waals surface area (Å²) in [6, 6.07) is 13.7. The molecule has 2 aromatic rings. The van der Waals surface area contributed by atoms with E-state index in [2.05, 4.69) is 0 Å². The van der Waals surface area contributed by atoms with E-state index in [0.29, 0.717) is 17.9 Å². The summed E-state index contributed by atoms with van der Waals surface area (Å²) >= 11 is 0. The highest BCUT2D eigenvalue weighted by Crippen LogP contribution is 2.64. The minimum absolute atomic E-state index is 0.136. The van der Waals surface area contributed by atoms with Crippen LogP contribution in [-0.4, -0.2) is 57.9 Å². The first-order chi connectivity index (χ1) is 20.1. The molecular weight excluding hydrogens is 540 g/mol. The Hall–Kier alpha value is -4.47. The molecule has 2 aliphatic heterocycles. The monoisotopic (exact) mass is 572 g/mol. The van der Waals surface area contributed by atoms with Gasteiger partial charge in [0.15, 0.2) is 11.5 Å². The number of fused-ring (bicyclic) bond motifs is 4. The Morgan fingerprint density at radius 2 is 1.74 bits per heavy atom. The van der Waals surface area contributed by atoms with Crippen molar-refractivity contribution in [2.24, 2.45) is 29.1 Å². The summed E-state index contributed by atoms with van der Waals surface area (Å²) in [5.41, 5.74) is 0.296. The fourth-order valence-corrected chi connectivity index (χ4v) is 7.72. The number of hydrogen-bond acceptors (Lipinski definition) is 7. The van der Waals surface area contributed by atoms with Crippen molar-refractivity contribution >= 4 is 35.3 Å². The van der Waals surface area contributed by atoms with E-state index in [4.69, 9.17) is 4.74 Å². The van der Waals surface area contributed by atoms with Crippen molar-refractivity contribution in [1.82, 2.24) is 4.90 Å². The van der Waals surface area contributed by atoms with E-state index in [1.54, 1.807) is 62.4 Å². The van der Waals surface area contributed by atoms with Crippen molar-refractivity contribution in [3.63, 3.8) is 0 Å². The van der Waals surface area contributed by atoms with Crippen LogP contribution in [0.25, 0.3) is 0 Å². The molecule has 6 rings (SSSR count). The van der Waals surface area contributed by atoms with Gasteiger partial charge in [0.25, 0.3) is 0 Å². The first kappa shape index (κ1) is 27.7. The second-order valence-electron chi connectivity index (χ2n) is 11.6. The van der Waals surface area contributed by atoms with Crippen molar-refractivity contribution < 1.29 is 38.9 Å². The SMILES string of the molecule is CCOc1cccc(C2C3=CCC4C(=O)N(CCC(=O)O)C(=O)C4C3CC3C(=O)N(c4ccccc4)C(=O)C32C)c1O. The maximum atomic E-state index is 14.4. The van der Waals surface area contributed by atoms with Crippen LogP contribution in [-0.2, 0) is 24.0 Å². The minimum Gasteiger partial charge on any atom is -0.504 e. The molecule has 0 spiro atoms. The van der Waals surface area contributed by atoms with Gasteiger partial charge in [-0.1, -0.05) is 42.0 Å². The predicted molar refractivity (Wildman–Crippen MR) is 149 cm³/mol. The van der Waals surface area contributed by atoms with Crippen molar-refractivity contribution in [3.05, 3.63) is 65.7 Å². The zero-order valence-electron chi connectivity index (χ0n) is 23.4. The van der Waals surface area contributed by atoms with Crippen LogP contribution in [0.1, 0.15) is 44.6 Å². The standard InChI is InChI=1S/C32H32N2O8/c1-3-42-23-11-7-10-20(27(23)37)26-18-12-13-19-25(30(40)33(28(19)38)15-14-24(35)36)21(18)16-22-29(39)34(31(41)32(22,26)2)17-8-5-4-6-9-17/h4-12,19,21-22,25-26,37H,3,13-16H2,1-2H3,(H,35,36). The van der Waals surface area contributed by atoms with Crippen molar-refractivity contribution in [2.45, 2.75) is 39.0 Å². The number of rotatable bonds is 7. The number of nitrogens with zero attached hydrogens (tertiary/aromatic N) is 2. The van der Waals surface area contributed by atoms with Gasteiger partial charge in [-0.25, -0.2) is 4.90 Å². The van der Waals surface area contributed by atoms with Crippen LogP contribution in [0.3, 0.4) is 0 Å². The first-order valence-corrected chi connectivity index (χ1v) is 14.3. The average Bonchev–Trinajstić information content (AvgIpc) is 3.33. The number of carboxylic acid groups (broad SMARTS) is 1. The Morgan fingerprint density at radius 3 is 2.43 bits per heavy atom. The van der Waals surface area contributed by atoms with E-state index in [9.17, 15) is 34.2 Å². The molecule has 6 unspecified atom stereocenters. The topological polar surface area (TPSA) is 142 Å². The third-order valence-corrected chi connectivity index (χ3v) is 9.57. The van der Waals surface area contributed by atoms with Gasteiger partial charge < -0.3 is 14.9 Å². The van der Waals surface area contributed by atoms with Gasteiger partial charge in [-0.05, 0) is 50.8 Å². The van der Waals surface area contributed by atoms with Gasteiger partial charge in [0, 0.05) is 18.0 Å². The van der Waals surface area contributed by atoms with E-state index in [1.165, 1.54) is 4.90 Å². The zero-order valence-corrected chi connectivity index (χ0v) is 23.4. The van der Waals surface area contributed by atoms with Gasteiger partial charge in [0.05, 0.1) is 41.9 Å². The number of phenolic OH excluding ortho intramolecular Hbond substituents is 1. The lowest BCUT2D eigenvalue weighted by Crippen LogP contribution is -2.49. The molecule has 2 saturated heterocycles. The molecule has 2 aromatic carbocycles. The number of aliphatic carboxylic acids is 1. The number of carbonyl (C=O) groups is 5. The highest BCUT2D eigenvalue weighted by Gasteiger charge is 2.67. The highest BCUT2D eigenvalue weighted by molar-refractivity contribution is 6.24. The molecule has 218 valence electrons. The average molecular weight is 573 g/mol. The van der Waals surface area contributed by atoms with Crippen LogP contribution in [0.15, 0.2) is 60.2 Å². The number of allylic oxidation sites excluding steroid dienone is 2. The summed E-state index contributed by atoms with van der Waals surface area (Å²) in [5.74, 6) is -6.27. The lowest BCUT2D eigenvalue weighted by atomic mass is 9.51. The summed E-state index contributed by atoms with van der Waals surface area (Å²) in [5, 5.41) is 20.6. The summed E-state index contributed by atoms with van der Waals surface area (Å²) < 4.78 is 5.66. The maximum Gasteiger partial charge on any atom is 0.305 e. The number of aromatic hydroxyl groups is 1. The third kappa shape index (κ3) is 3.88. The summed E-state index contributed by atoms with van der Waals surface area (Å²) in [7, 11) is 0. The molecule has 1 saturated carbocycles. The van der Waals surface area contributed by atoms with Crippen LogP contribution in [0.4, 0.5) is 5.69 Å². The van der Waals surface area contributed by atoms with Gasteiger partial charge in [-0.2, -0.15) is 0 Å². The Kier molecular flexibility index (Phi) is 6.67. The molecule has 2 heterocycles. The smallest absolute Gasteiger partial charge is 0.305 e. The van der Waals surface area contributed by atoms with Gasteiger partial charge >= 0.3 is 5.97 Å². The van der Waals surface area contributed by atoms with Crippen LogP contribution < -0.4 is 9.64 Å². The largest absolute Gasteiger partial charge is 0.504 e. The molecule has 4 amide bonds. The third-order valence-electron chi connectivity index (χ3n) is 9.57. The zero-order chi connectivity index (χ0) is 29.9. The number of imide groups is 2. The molecule has 4 aliphatic rings. The first-order valence-electron chi connectivity index (χ1n) is 14.3. The molecule has 0 bridgehead atoms. The molecule has 0 aromatic heterocycles. The number of carboxylic acids is 1. The summed E-state index contributed by atoms with van der Waals surface area (Å²) in [4.78, 5) is 69.0. The second-order valence-corrected chi connectivity index (χ2v) is 11.6. The molecular formula is C32H32N2O8. The van der Waals surface area contributed by atoms with Gasteiger partial charge in [-0.3, -0.25) is 28.9 Å². The summed E-state index contributed by atoms with van der Waals surface area (Å²) in [6.07, 6.45) is 1.94. The minimum atomic E-state index is -1.29. The van der Waals surface area contributed by atoms with E-state index in [-0.39, 0.29) is 43.2 Å².